The Balaban J connectivity index is 0.00000361. The van der Waals surface area contributed by atoms with Gasteiger partial charge >= 0.3 is 6.18 Å². The summed E-state index contributed by atoms with van der Waals surface area (Å²) in [5, 5.41) is 9.87. The highest BCUT2D eigenvalue weighted by molar-refractivity contribution is 5.85. The van der Waals surface area contributed by atoms with Crippen LogP contribution in [0, 0.1) is 0 Å². The standard InChI is InChI=1S/C12H16F3NO3.ClH/c1-18-9-5-3-4-7(11(9)19-2)8(17)6-10(16)12(13,14)15;/h3-5,8,10,17H,6,16H2,1-2H3;1H/t8-,10+;/m0./s1. The lowest BCUT2D eigenvalue weighted by atomic mass is 10.0. The van der Waals surface area contributed by atoms with Crippen molar-refractivity contribution in [3.63, 3.8) is 0 Å². The first-order valence-electron chi connectivity index (χ1n) is 5.52. The molecule has 1 aromatic carbocycles. The lowest BCUT2D eigenvalue weighted by molar-refractivity contribution is -0.153. The van der Waals surface area contributed by atoms with E-state index in [1.807, 2.05) is 0 Å². The molecule has 0 saturated carbocycles. The van der Waals surface area contributed by atoms with Crippen LogP contribution in [0.5, 0.6) is 11.5 Å². The highest BCUT2D eigenvalue weighted by Gasteiger charge is 2.38. The summed E-state index contributed by atoms with van der Waals surface area (Å²) < 4.78 is 47.1. The third kappa shape index (κ3) is 4.43. The fourth-order valence-electron chi connectivity index (χ4n) is 1.68. The minimum absolute atomic E-state index is 0. The number of hydrogen-bond donors (Lipinski definition) is 2. The van der Waals surface area contributed by atoms with Gasteiger partial charge in [0.05, 0.1) is 20.3 Å². The number of nitrogens with two attached hydrogens (primary N) is 1. The molecule has 116 valence electrons. The van der Waals surface area contributed by atoms with Crippen LogP contribution >= 0.6 is 12.4 Å². The minimum Gasteiger partial charge on any atom is -0.493 e. The minimum atomic E-state index is -4.55. The van der Waals surface area contributed by atoms with Crippen molar-refractivity contribution in [3.05, 3.63) is 23.8 Å². The fraction of sp³-hybridized carbons (Fsp3) is 0.500. The Bertz CT molecular complexity index is 429. The van der Waals surface area contributed by atoms with Gasteiger partial charge in [0.2, 0.25) is 0 Å². The van der Waals surface area contributed by atoms with Gasteiger partial charge in [-0.25, -0.2) is 0 Å². The molecule has 3 N–H and O–H groups in total. The lowest BCUT2D eigenvalue weighted by Gasteiger charge is -2.21. The summed E-state index contributed by atoms with van der Waals surface area (Å²) in [5.41, 5.74) is 5.20. The zero-order valence-corrected chi connectivity index (χ0v) is 11.8. The van der Waals surface area contributed by atoms with Crippen molar-refractivity contribution in [2.45, 2.75) is 24.7 Å². The van der Waals surface area contributed by atoms with Crippen molar-refractivity contribution in [1.82, 2.24) is 0 Å². The molecule has 0 aliphatic carbocycles. The molecule has 0 aliphatic heterocycles. The number of para-hydroxylation sites is 1. The van der Waals surface area contributed by atoms with Gasteiger partial charge < -0.3 is 20.3 Å². The molecule has 0 unspecified atom stereocenters. The summed E-state index contributed by atoms with van der Waals surface area (Å²) in [5.74, 6) is 0.534. The van der Waals surface area contributed by atoms with E-state index in [0.717, 1.165) is 0 Å². The molecule has 0 aromatic heterocycles. The van der Waals surface area contributed by atoms with Crippen LogP contribution in [0.2, 0.25) is 0 Å². The maximum absolute atomic E-state index is 12.4. The number of aliphatic hydroxyl groups excluding tert-OH is 1. The largest absolute Gasteiger partial charge is 0.493 e. The predicted molar refractivity (Wildman–Crippen MR) is 70.4 cm³/mol. The van der Waals surface area contributed by atoms with Gasteiger partial charge in [-0.15, -0.1) is 12.4 Å². The van der Waals surface area contributed by atoms with Crippen LogP contribution in [0.1, 0.15) is 18.1 Å². The van der Waals surface area contributed by atoms with Crippen LogP contribution in [-0.2, 0) is 0 Å². The Morgan fingerprint density at radius 1 is 1.25 bits per heavy atom. The Morgan fingerprint density at radius 3 is 2.30 bits per heavy atom. The van der Waals surface area contributed by atoms with Crippen LogP contribution in [0.3, 0.4) is 0 Å². The van der Waals surface area contributed by atoms with E-state index in [4.69, 9.17) is 15.2 Å². The average molecular weight is 316 g/mol. The number of benzene rings is 1. The van der Waals surface area contributed by atoms with Crippen molar-refractivity contribution < 1.29 is 27.8 Å². The molecule has 2 atom stereocenters. The maximum Gasteiger partial charge on any atom is 0.403 e. The zero-order chi connectivity index (χ0) is 14.6. The van der Waals surface area contributed by atoms with E-state index >= 15 is 0 Å². The summed E-state index contributed by atoms with van der Waals surface area (Å²) in [7, 11) is 2.74. The van der Waals surface area contributed by atoms with Crippen molar-refractivity contribution in [2.24, 2.45) is 5.73 Å². The smallest absolute Gasteiger partial charge is 0.403 e. The van der Waals surface area contributed by atoms with Gasteiger partial charge in [-0.3, -0.25) is 0 Å². The van der Waals surface area contributed by atoms with E-state index in [1.54, 1.807) is 12.1 Å². The molecule has 8 heteroatoms. The van der Waals surface area contributed by atoms with E-state index in [1.165, 1.54) is 20.3 Å². The molecule has 0 saturated heterocycles. The predicted octanol–water partition coefficient (Wildman–Crippen LogP) is 2.44. The summed E-state index contributed by atoms with van der Waals surface area (Å²) in [4.78, 5) is 0. The molecular formula is C12H17ClF3NO3. The van der Waals surface area contributed by atoms with Gasteiger partial charge in [0, 0.05) is 12.0 Å². The van der Waals surface area contributed by atoms with Gasteiger partial charge in [0.25, 0.3) is 0 Å². The average Bonchev–Trinajstić information content (AvgIpc) is 2.36. The number of rotatable bonds is 5. The van der Waals surface area contributed by atoms with Gasteiger partial charge in [-0.05, 0) is 6.07 Å². The highest BCUT2D eigenvalue weighted by atomic mass is 35.5. The van der Waals surface area contributed by atoms with Gasteiger partial charge in [0.1, 0.15) is 6.04 Å². The number of ether oxygens (including phenoxy) is 2. The maximum atomic E-state index is 12.4. The molecule has 0 bridgehead atoms. The second-order valence-corrected chi connectivity index (χ2v) is 3.98. The fourth-order valence-corrected chi connectivity index (χ4v) is 1.68. The number of hydrogen-bond acceptors (Lipinski definition) is 4. The highest BCUT2D eigenvalue weighted by Crippen LogP contribution is 2.37. The van der Waals surface area contributed by atoms with Crippen LogP contribution in [0.25, 0.3) is 0 Å². The molecular weight excluding hydrogens is 299 g/mol. The second kappa shape index (κ2) is 7.56. The lowest BCUT2D eigenvalue weighted by Crippen LogP contribution is -2.38. The number of methoxy groups -OCH3 is 2. The third-order valence-electron chi connectivity index (χ3n) is 2.69. The van der Waals surface area contributed by atoms with E-state index < -0.39 is 24.7 Å². The first kappa shape index (κ1) is 18.8. The van der Waals surface area contributed by atoms with Gasteiger partial charge in [-0.2, -0.15) is 13.2 Å². The number of alkyl halides is 3. The van der Waals surface area contributed by atoms with Crippen molar-refractivity contribution in [3.8, 4) is 11.5 Å². The van der Waals surface area contributed by atoms with E-state index in [2.05, 4.69) is 0 Å². The van der Waals surface area contributed by atoms with Gasteiger partial charge in [0.15, 0.2) is 11.5 Å². The topological polar surface area (TPSA) is 64.7 Å². The van der Waals surface area contributed by atoms with Crippen LogP contribution < -0.4 is 15.2 Å². The molecule has 0 fully saturated rings. The molecule has 4 nitrogen and oxygen atoms in total. The second-order valence-electron chi connectivity index (χ2n) is 3.98. The molecule has 0 heterocycles. The SMILES string of the molecule is COc1cccc([C@@H](O)C[C@@H](N)C(F)(F)F)c1OC.Cl. The van der Waals surface area contributed by atoms with E-state index in [0.29, 0.717) is 5.75 Å². The van der Waals surface area contributed by atoms with Gasteiger partial charge in [-0.1, -0.05) is 12.1 Å². The molecule has 0 radical (unpaired) electrons. The number of aliphatic hydroxyl groups is 1. The zero-order valence-electron chi connectivity index (χ0n) is 11.0. The monoisotopic (exact) mass is 315 g/mol. The van der Waals surface area contributed by atoms with Crippen molar-refractivity contribution >= 4 is 12.4 Å². The normalized spacial score (nSPS) is 14.2. The summed E-state index contributed by atoms with van der Waals surface area (Å²) in [6.07, 6.45) is -6.58. The van der Waals surface area contributed by atoms with E-state index in [-0.39, 0.29) is 23.7 Å². The van der Waals surface area contributed by atoms with Crippen molar-refractivity contribution in [2.75, 3.05) is 14.2 Å². The third-order valence-corrected chi connectivity index (χ3v) is 2.69. The molecule has 1 aromatic rings. The van der Waals surface area contributed by atoms with Crippen molar-refractivity contribution in [1.29, 1.82) is 0 Å². The molecule has 0 aliphatic rings. The molecule has 20 heavy (non-hydrogen) atoms. The Morgan fingerprint density at radius 2 is 1.85 bits per heavy atom. The quantitative estimate of drug-likeness (QED) is 0.876. The summed E-state index contributed by atoms with van der Waals surface area (Å²) in [6, 6.07) is 2.51. The summed E-state index contributed by atoms with van der Waals surface area (Å²) >= 11 is 0. The molecule has 0 amide bonds. The first-order valence-corrected chi connectivity index (χ1v) is 5.52. The first-order chi connectivity index (χ1) is 8.81. The van der Waals surface area contributed by atoms with Crippen LogP contribution in [0.4, 0.5) is 13.2 Å². The van der Waals surface area contributed by atoms with Crippen LogP contribution in [-0.4, -0.2) is 31.5 Å². The Hall–Kier alpha value is -1.18. The summed E-state index contributed by atoms with van der Waals surface area (Å²) in [6.45, 7) is 0. The molecule has 1 rings (SSSR count). The Labute approximate surface area is 121 Å². The molecule has 0 spiro atoms. The van der Waals surface area contributed by atoms with E-state index in [9.17, 15) is 18.3 Å². The number of halogens is 4. The Kier molecular flexibility index (Phi) is 7.12. The van der Waals surface area contributed by atoms with Crippen LogP contribution in [0.15, 0.2) is 18.2 Å².